The number of sulfonamides is 1. The van der Waals surface area contributed by atoms with E-state index in [1.54, 1.807) is 6.07 Å². The molecule has 1 aromatic carbocycles. The average molecular weight is 283 g/mol. The maximum atomic E-state index is 11.3. The van der Waals surface area contributed by atoms with Crippen LogP contribution >= 0.6 is 0 Å². The van der Waals surface area contributed by atoms with Gasteiger partial charge in [-0.3, -0.25) is 0 Å². The number of anilines is 2. The van der Waals surface area contributed by atoms with Gasteiger partial charge in [0.25, 0.3) is 0 Å². The molecule has 0 saturated carbocycles. The predicted molar refractivity (Wildman–Crippen MR) is 77.5 cm³/mol. The van der Waals surface area contributed by atoms with Gasteiger partial charge in [0, 0.05) is 13.1 Å². The molecule has 0 amide bonds. The molecule has 1 aromatic rings. The molecular formula is C13H21N3O2S. The van der Waals surface area contributed by atoms with Crippen LogP contribution in [0.4, 0.5) is 11.4 Å². The van der Waals surface area contributed by atoms with E-state index < -0.39 is 10.0 Å². The van der Waals surface area contributed by atoms with Gasteiger partial charge in [-0.2, -0.15) is 0 Å². The lowest BCUT2D eigenvalue weighted by atomic mass is 10.1. The summed E-state index contributed by atoms with van der Waals surface area (Å²) in [6.07, 6.45) is 6.08. The van der Waals surface area contributed by atoms with Gasteiger partial charge in [-0.05, 0) is 31.0 Å². The number of nitrogens with zero attached hydrogens (tertiary/aromatic N) is 1. The van der Waals surface area contributed by atoms with Crippen LogP contribution in [0.5, 0.6) is 0 Å². The Morgan fingerprint density at radius 3 is 2.11 bits per heavy atom. The van der Waals surface area contributed by atoms with Crippen LogP contribution in [0.2, 0.25) is 0 Å². The van der Waals surface area contributed by atoms with Crippen molar-refractivity contribution >= 4 is 21.4 Å². The van der Waals surface area contributed by atoms with Crippen molar-refractivity contribution in [3.63, 3.8) is 0 Å². The third-order valence-corrected chi connectivity index (χ3v) is 4.44. The number of rotatable bonds is 2. The van der Waals surface area contributed by atoms with E-state index >= 15 is 0 Å². The predicted octanol–water partition coefficient (Wildman–Crippen LogP) is 1.69. The van der Waals surface area contributed by atoms with Crippen LogP contribution in [-0.2, 0) is 10.0 Å². The Bertz CT molecular complexity index is 535. The van der Waals surface area contributed by atoms with Crippen LogP contribution in [0.25, 0.3) is 0 Å². The normalized spacial score (nSPS) is 17.8. The van der Waals surface area contributed by atoms with Crippen molar-refractivity contribution < 1.29 is 8.42 Å². The Kier molecular flexibility index (Phi) is 4.31. The lowest BCUT2D eigenvalue weighted by Gasteiger charge is -2.28. The molecule has 1 aliphatic rings. The van der Waals surface area contributed by atoms with Crippen molar-refractivity contribution in [2.24, 2.45) is 5.14 Å². The Morgan fingerprint density at radius 2 is 1.58 bits per heavy atom. The number of primary sulfonamides is 1. The molecular weight excluding hydrogens is 262 g/mol. The largest absolute Gasteiger partial charge is 0.397 e. The Morgan fingerprint density at radius 1 is 1.00 bits per heavy atom. The monoisotopic (exact) mass is 283 g/mol. The van der Waals surface area contributed by atoms with Crippen molar-refractivity contribution in [1.82, 2.24) is 0 Å². The van der Waals surface area contributed by atoms with Crippen LogP contribution in [0.1, 0.15) is 32.1 Å². The molecule has 0 atom stereocenters. The number of benzene rings is 1. The zero-order valence-corrected chi connectivity index (χ0v) is 11.8. The fraction of sp³-hybridized carbons (Fsp3) is 0.538. The molecule has 19 heavy (non-hydrogen) atoms. The van der Waals surface area contributed by atoms with Crippen molar-refractivity contribution in [1.29, 1.82) is 0 Å². The summed E-state index contributed by atoms with van der Waals surface area (Å²) in [6, 6.07) is 4.74. The third kappa shape index (κ3) is 3.61. The van der Waals surface area contributed by atoms with Crippen LogP contribution in [0.15, 0.2) is 23.1 Å². The lowest BCUT2D eigenvalue weighted by molar-refractivity contribution is 0.557. The summed E-state index contributed by atoms with van der Waals surface area (Å²) in [5, 5.41) is 5.10. The standard InChI is InChI=1S/C13H21N3O2S/c14-12-10-11(19(15,17)18)6-7-13(12)16-8-4-2-1-3-5-9-16/h6-7,10H,1-5,8-9,14H2,(H2,15,17,18). The first-order valence-electron chi connectivity index (χ1n) is 6.66. The molecule has 0 bridgehead atoms. The average Bonchev–Trinajstić information content (AvgIpc) is 2.28. The van der Waals surface area contributed by atoms with Gasteiger partial charge in [0.2, 0.25) is 10.0 Å². The lowest BCUT2D eigenvalue weighted by Crippen LogP contribution is -2.28. The Hall–Kier alpha value is -1.27. The molecule has 1 saturated heterocycles. The number of hydrogen-bond acceptors (Lipinski definition) is 4. The zero-order chi connectivity index (χ0) is 13.9. The second-order valence-corrected chi connectivity index (χ2v) is 6.58. The topological polar surface area (TPSA) is 89.4 Å². The Labute approximate surface area is 114 Å². The minimum Gasteiger partial charge on any atom is -0.397 e. The van der Waals surface area contributed by atoms with Gasteiger partial charge >= 0.3 is 0 Å². The smallest absolute Gasteiger partial charge is 0.238 e. The second-order valence-electron chi connectivity index (χ2n) is 5.02. The van der Waals surface area contributed by atoms with Crippen LogP contribution in [0.3, 0.4) is 0 Å². The van der Waals surface area contributed by atoms with Gasteiger partial charge in [0.1, 0.15) is 0 Å². The quantitative estimate of drug-likeness (QED) is 0.808. The molecule has 0 aliphatic carbocycles. The molecule has 1 fully saturated rings. The van der Waals surface area contributed by atoms with Crippen molar-refractivity contribution in [3.05, 3.63) is 18.2 Å². The molecule has 1 heterocycles. The van der Waals surface area contributed by atoms with Gasteiger partial charge in [0.05, 0.1) is 16.3 Å². The Balaban J connectivity index is 2.24. The highest BCUT2D eigenvalue weighted by Gasteiger charge is 2.15. The summed E-state index contributed by atoms with van der Waals surface area (Å²) in [7, 11) is -3.68. The van der Waals surface area contributed by atoms with Crippen molar-refractivity contribution in [2.45, 2.75) is 37.0 Å². The molecule has 0 spiro atoms. The van der Waals surface area contributed by atoms with Crippen LogP contribution in [0, 0.1) is 0 Å². The molecule has 5 nitrogen and oxygen atoms in total. The summed E-state index contributed by atoms with van der Waals surface area (Å²) in [5.41, 5.74) is 7.37. The zero-order valence-electron chi connectivity index (χ0n) is 11.0. The third-order valence-electron chi connectivity index (χ3n) is 3.52. The van der Waals surface area contributed by atoms with Crippen molar-refractivity contribution in [3.8, 4) is 0 Å². The van der Waals surface area contributed by atoms with E-state index in [1.165, 1.54) is 31.4 Å². The summed E-state index contributed by atoms with van der Waals surface area (Å²) in [4.78, 5) is 2.31. The highest BCUT2D eigenvalue weighted by molar-refractivity contribution is 7.89. The van der Waals surface area contributed by atoms with Gasteiger partial charge in [0.15, 0.2) is 0 Å². The summed E-state index contributed by atoms with van der Waals surface area (Å²) in [5.74, 6) is 0. The maximum absolute atomic E-state index is 11.3. The first-order valence-corrected chi connectivity index (χ1v) is 8.20. The molecule has 0 aromatic heterocycles. The van der Waals surface area contributed by atoms with E-state index in [-0.39, 0.29) is 4.90 Å². The minimum absolute atomic E-state index is 0.0702. The fourth-order valence-electron chi connectivity index (χ4n) is 2.49. The van der Waals surface area contributed by atoms with E-state index in [9.17, 15) is 8.42 Å². The van der Waals surface area contributed by atoms with Crippen LogP contribution < -0.4 is 15.8 Å². The van der Waals surface area contributed by atoms with E-state index in [2.05, 4.69) is 4.90 Å². The number of hydrogen-bond donors (Lipinski definition) is 2. The molecule has 1 aliphatic heterocycles. The SMILES string of the molecule is Nc1cc(S(N)(=O)=O)ccc1N1CCCCCCC1. The van der Waals surface area contributed by atoms with Gasteiger partial charge in [-0.15, -0.1) is 0 Å². The molecule has 106 valence electrons. The molecule has 0 radical (unpaired) electrons. The molecule has 4 N–H and O–H groups in total. The fourth-order valence-corrected chi connectivity index (χ4v) is 3.03. The van der Waals surface area contributed by atoms with E-state index in [4.69, 9.17) is 10.9 Å². The highest BCUT2D eigenvalue weighted by atomic mass is 32.2. The number of nitrogens with two attached hydrogens (primary N) is 2. The van der Waals surface area contributed by atoms with Gasteiger partial charge in [-0.1, -0.05) is 19.3 Å². The molecule has 2 rings (SSSR count). The van der Waals surface area contributed by atoms with E-state index in [1.807, 2.05) is 0 Å². The van der Waals surface area contributed by atoms with Gasteiger partial charge < -0.3 is 10.6 Å². The summed E-state index contributed by atoms with van der Waals surface area (Å²) in [6.45, 7) is 1.94. The highest BCUT2D eigenvalue weighted by Crippen LogP contribution is 2.27. The van der Waals surface area contributed by atoms with Crippen molar-refractivity contribution in [2.75, 3.05) is 23.7 Å². The summed E-state index contributed by atoms with van der Waals surface area (Å²) < 4.78 is 22.6. The number of nitrogen functional groups attached to an aromatic ring is 1. The van der Waals surface area contributed by atoms with Crippen LogP contribution in [-0.4, -0.2) is 21.5 Å². The second kappa shape index (κ2) is 5.79. The minimum atomic E-state index is -3.68. The molecule has 0 unspecified atom stereocenters. The van der Waals surface area contributed by atoms with E-state index in [0.717, 1.165) is 31.6 Å². The maximum Gasteiger partial charge on any atom is 0.238 e. The summed E-state index contributed by atoms with van der Waals surface area (Å²) >= 11 is 0. The molecule has 6 heteroatoms. The first kappa shape index (κ1) is 14.1. The van der Waals surface area contributed by atoms with E-state index in [0.29, 0.717) is 5.69 Å². The first-order chi connectivity index (χ1) is 8.98. The van der Waals surface area contributed by atoms with Gasteiger partial charge in [-0.25, -0.2) is 13.6 Å².